The van der Waals surface area contributed by atoms with Gasteiger partial charge in [0.1, 0.15) is 12.0 Å². The Labute approximate surface area is 122 Å². The van der Waals surface area contributed by atoms with E-state index in [2.05, 4.69) is 4.98 Å². The monoisotopic (exact) mass is 299 g/mol. The van der Waals surface area contributed by atoms with Crippen LogP contribution in [0.25, 0.3) is 0 Å². The van der Waals surface area contributed by atoms with E-state index in [0.29, 0.717) is 18.9 Å². The number of halogens is 1. The Kier molecular flexibility index (Phi) is 3.64. The molecule has 1 aromatic rings. The van der Waals surface area contributed by atoms with E-state index in [-0.39, 0.29) is 21.9 Å². The van der Waals surface area contributed by atoms with Gasteiger partial charge in [0.05, 0.1) is 21.1 Å². The molecule has 20 heavy (non-hydrogen) atoms. The van der Waals surface area contributed by atoms with Crippen LogP contribution in [0.5, 0.6) is 0 Å². The third-order valence-corrected chi connectivity index (χ3v) is 3.29. The molecular weight excluding hydrogens is 282 g/mol. The second kappa shape index (κ2) is 4.86. The maximum atomic E-state index is 10.7. The predicted molar refractivity (Wildman–Crippen MR) is 77.4 cm³/mol. The van der Waals surface area contributed by atoms with Crippen LogP contribution in [0.2, 0.25) is 5.02 Å². The van der Waals surface area contributed by atoms with Crippen LogP contribution in [0.15, 0.2) is 12.3 Å². The molecule has 0 radical (unpaired) electrons. The van der Waals surface area contributed by atoms with Gasteiger partial charge < -0.3 is 9.64 Å². The molecule has 0 spiro atoms. The van der Waals surface area contributed by atoms with Crippen molar-refractivity contribution < 1.29 is 9.66 Å². The van der Waals surface area contributed by atoms with E-state index in [1.54, 1.807) is 0 Å². The molecule has 1 fully saturated rings. The van der Waals surface area contributed by atoms with E-state index in [1.165, 1.54) is 12.3 Å². The van der Waals surface area contributed by atoms with E-state index in [1.807, 2.05) is 32.6 Å². The van der Waals surface area contributed by atoms with Gasteiger partial charge in [-0.1, -0.05) is 11.6 Å². The summed E-state index contributed by atoms with van der Waals surface area (Å²) in [6.45, 7) is 9.25. The maximum absolute atomic E-state index is 10.7. The second-order valence-electron chi connectivity index (χ2n) is 6.23. The molecule has 0 N–H and O–H groups in total. The van der Waals surface area contributed by atoms with Gasteiger partial charge in [0.2, 0.25) is 0 Å². The van der Waals surface area contributed by atoms with Gasteiger partial charge in [-0.05, 0) is 27.7 Å². The van der Waals surface area contributed by atoms with Crippen LogP contribution in [0.4, 0.5) is 11.5 Å². The van der Waals surface area contributed by atoms with Crippen molar-refractivity contribution in [3.05, 3.63) is 27.4 Å². The molecule has 1 saturated heterocycles. The number of aromatic nitrogens is 1. The first-order valence-corrected chi connectivity index (χ1v) is 6.72. The zero-order valence-electron chi connectivity index (χ0n) is 12.0. The molecule has 110 valence electrons. The Hall–Kier alpha value is -1.40. The molecule has 0 unspecified atom stereocenters. The summed E-state index contributed by atoms with van der Waals surface area (Å²) in [7, 11) is 0. The van der Waals surface area contributed by atoms with Gasteiger partial charge in [0, 0.05) is 19.2 Å². The number of ether oxygens (including phenoxy) is 1. The second-order valence-corrected chi connectivity index (χ2v) is 6.64. The van der Waals surface area contributed by atoms with Crippen LogP contribution >= 0.6 is 11.6 Å². The fourth-order valence-electron chi connectivity index (χ4n) is 2.69. The zero-order valence-corrected chi connectivity index (χ0v) is 12.8. The lowest BCUT2D eigenvalue weighted by Gasteiger charge is -2.47. The third-order valence-electron chi connectivity index (χ3n) is 3.01. The summed E-state index contributed by atoms with van der Waals surface area (Å²) < 4.78 is 5.99. The van der Waals surface area contributed by atoms with Gasteiger partial charge in [-0.3, -0.25) is 10.1 Å². The molecule has 6 nitrogen and oxygen atoms in total. The van der Waals surface area contributed by atoms with Crippen molar-refractivity contribution in [1.29, 1.82) is 0 Å². The molecule has 7 heteroatoms. The number of morpholine rings is 1. The fourth-order valence-corrected chi connectivity index (χ4v) is 2.97. The minimum atomic E-state index is -0.504. The molecule has 1 aliphatic heterocycles. The third kappa shape index (κ3) is 3.19. The van der Waals surface area contributed by atoms with Crippen LogP contribution in [0.1, 0.15) is 27.7 Å². The molecule has 0 aromatic carbocycles. The molecule has 0 amide bonds. The Bertz CT molecular complexity index is 530. The summed E-state index contributed by atoms with van der Waals surface area (Å²) in [4.78, 5) is 16.4. The smallest absolute Gasteiger partial charge is 0.289 e. The number of pyridine rings is 1. The summed E-state index contributed by atoms with van der Waals surface area (Å²) in [6, 6.07) is 1.33. The highest BCUT2D eigenvalue weighted by atomic mass is 35.5. The van der Waals surface area contributed by atoms with Gasteiger partial charge >= 0.3 is 0 Å². The Morgan fingerprint density at radius 2 is 1.90 bits per heavy atom. The highest BCUT2D eigenvalue weighted by molar-refractivity contribution is 6.33. The molecule has 1 aliphatic rings. The van der Waals surface area contributed by atoms with Crippen molar-refractivity contribution in [2.75, 3.05) is 18.0 Å². The van der Waals surface area contributed by atoms with Crippen molar-refractivity contribution in [1.82, 2.24) is 4.98 Å². The summed E-state index contributed by atoms with van der Waals surface area (Å²) in [5, 5.41) is 11.0. The van der Waals surface area contributed by atoms with Gasteiger partial charge in [0.25, 0.3) is 5.69 Å². The van der Waals surface area contributed by atoms with E-state index in [4.69, 9.17) is 16.3 Å². The van der Waals surface area contributed by atoms with Crippen LogP contribution in [0, 0.1) is 10.1 Å². The number of nitro groups is 1. The van der Waals surface area contributed by atoms with Crippen molar-refractivity contribution in [3.63, 3.8) is 0 Å². The normalized spacial score (nSPS) is 20.8. The van der Waals surface area contributed by atoms with E-state index in [9.17, 15) is 10.1 Å². The maximum Gasteiger partial charge on any atom is 0.289 e. The van der Waals surface area contributed by atoms with Crippen LogP contribution in [-0.4, -0.2) is 34.2 Å². The SMILES string of the molecule is CC1(C)CN(c2ncc([N+](=O)[O-])cc2Cl)CC(C)(C)O1. The Morgan fingerprint density at radius 3 is 2.35 bits per heavy atom. The number of hydrogen-bond donors (Lipinski definition) is 0. The largest absolute Gasteiger partial charge is 0.366 e. The first-order valence-electron chi connectivity index (χ1n) is 6.35. The average Bonchev–Trinajstić information content (AvgIpc) is 2.24. The first kappa shape index (κ1) is 15.0. The standard InChI is InChI=1S/C13H18ClN3O3/c1-12(2)7-16(8-13(3,4)20-12)11-10(14)5-9(6-15-11)17(18)19/h5-6H,7-8H2,1-4H3. The summed E-state index contributed by atoms with van der Waals surface area (Å²) in [5.41, 5.74) is -0.784. The van der Waals surface area contributed by atoms with Crippen LogP contribution in [-0.2, 0) is 4.74 Å². The number of hydrogen-bond acceptors (Lipinski definition) is 5. The molecular formula is C13H18ClN3O3. The van der Waals surface area contributed by atoms with Crippen molar-refractivity contribution in [2.24, 2.45) is 0 Å². The number of anilines is 1. The molecule has 2 heterocycles. The first-order chi connectivity index (χ1) is 9.10. The number of nitrogens with zero attached hydrogens (tertiary/aromatic N) is 3. The minimum absolute atomic E-state index is 0.106. The van der Waals surface area contributed by atoms with Gasteiger partial charge in [0.15, 0.2) is 0 Å². The molecule has 0 atom stereocenters. The summed E-state index contributed by atoms with van der Waals surface area (Å²) in [6.07, 6.45) is 1.23. The highest BCUT2D eigenvalue weighted by Crippen LogP contribution is 2.34. The summed E-state index contributed by atoms with van der Waals surface area (Å²) >= 11 is 6.14. The van der Waals surface area contributed by atoms with Gasteiger partial charge in [-0.2, -0.15) is 0 Å². The minimum Gasteiger partial charge on any atom is -0.366 e. The molecule has 1 aromatic heterocycles. The molecule has 2 rings (SSSR count). The lowest BCUT2D eigenvalue weighted by molar-refractivity contribution is -0.385. The molecule has 0 saturated carbocycles. The predicted octanol–water partition coefficient (Wildman–Crippen LogP) is 3.04. The zero-order chi connectivity index (χ0) is 15.1. The van der Waals surface area contributed by atoms with E-state index in [0.717, 1.165) is 0 Å². The molecule has 0 bridgehead atoms. The highest BCUT2D eigenvalue weighted by Gasteiger charge is 2.39. The Morgan fingerprint density at radius 1 is 1.35 bits per heavy atom. The van der Waals surface area contributed by atoms with E-state index < -0.39 is 4.92 Å². The van der Waals surface area contributed by atoms with Gasteiger partial charge in [-0.15, -0.1) is 0 Å². The quantitative estimate of drug-likeness (QED) is 0.620. The lowest BCUT2D eigenvalue weighted by atomic mass is 9.99. The number of rotatable bonds is 2. The fraction of sp³-hybridized carbons (Fsp3) is 0.615. The molecule has 0 aliphatic carbocycles. The Balaban J connectivity index is 2.34. The summed E-state index contributed by atoms with van der Waals surface area (Å²) in [5.74, 6) is 0.557. The van der Waals surface area contributed by atoms with Crippen LogP contribution in [0.3, 0.4) is 0 Å². The van der Waals surface area contributed by atoms with Crippen molar-refractivity contribution >= 4 is 23.1 Å². The van der Waals surface area contributed by atoms with Crippen molar-refractivity contribution in [2.45, 2.75) is 38.9 Å². The lowest BCUT2D eigenvalue weighted by Crippen LogP contribution is -2.57. The topological polar surface area (TPSA) is 68.5 Å². The average molecular weight is 300 g/mol. The van der Waals surface area contributed by atoms with Gasteiger partial charge in [-0.25, -0.2) is 4.98 Å². The van der Waals surface area contributed by atoms with Crippen LogP contribution < -0.4 is 4.90 Å². The van der Waals surface area contributed by atoms with E-state index >= 15 is 0 Å². The van der Waals surface area contributed by atoms with Crippen molar-refractivity contribution in [3.8, 4) is 0 Å².